The third-order valence-electron chi connectivity index (χ3n) is 5.63. The summed E-state index contributed by atoms with van der Waals surface area (Å²) in [6.07, 6.45) is 3.24. The Labute approximate surface area is 142 Å². The lowest BCUT2D eigenvalue weighted by Crippen LogP contribution is -2.48. The number of aromatic amines is 1. The molecular weight excluding hydrogens is 302 g/mol. The number of nitrogens with zero attached hydrogens (tertiary/aromatic N) is 1. The maximum Gasteiger partial charge on any atom is 0.217 e. The molecule has 0 bridgehead atoms. The van der Waals surface area contributed by atoms with E-state index < -0.39 is 6.10 Å². The Morgan fingerprint density at radius 1 is 1.29 bits per heavy atom. The van der Waals surface area contributed by atoms with E-state index in [1.807, 2.05) is 6.20 Å². The number of H-pyrrole nitrogens is 1. The van der Waals surface area contributed by atoms with Gasteiger partial charge in [0.05, 0.1) is 12.1 Å². The predicted octanol–water partition coefficient (Wildman–Crippen LogP) is 1.88. The molecule has 0 spiro atoms. The number of amides is 1. The number of fused-ring (bicyclic) bond motifs is 2. The van der Waals surface area contributed by atoms with Crippen molar-refractivity contribution >= 4 is 16.8 Å². The lowest BCUT2D eigenvalue weighted by atomic mass is 9.77. The first-order valence-corrected chi connectivity index (χ1v) is 8.82. The van der Waals surface area contributed by atoms with E-state index >= 15 is 0 Å². The first kappa shape index (κ1) is 15.7. The quantitative estimate of drug-likeness (QED) is 0.806. The van der Waals surface area contributed by atoms with Gasteiger partial charge in [0.1, 0.15) is 0 Å². The van der Waals surface area contributed by atoms with Crippen LogP contribution in [0.1, 0.15) is 25.3 Å². The molecule has 5 nitrogen and oxygen atoms in total. The van der Waals surface area contributed by atoms with E-state index in [2.05, 4.69) is 39.5 Å². The van der Waals surface area contributed by atoms with Crippen LogP contribution in [0.5, 0.6) is 0 Å². The van der Waals surface area contributed by atoms with Crippen molar-refractivity contribution in [2.75, 3.05) is 13.1 Å². The fourth-order valence-corrected chi connectivity index (χ4v) is 4.52. The number of hydrogen-bond donors (Lipinski definition) is 3. The van der Waals surface area contributed by atoms with Crippen LogP contribution in [0, 0.1) is 11.8 Å². The fraction of sp³-hybridized carbons (Fsp3) is 0.526. The zero-order valence-corrected chi connectivity index (χ0v) is 14.0. The van der Waals surface area contributed by atoms with Crippen molar-refractivity contribution in [3.8, 4) is 0 Å². The molecule has 1 aliphatic heterocycles. The van der Waals surface area contributed by atoms with Crippen LogP contribution in [-0.2, 0) is 11.3 Å². The summed E-state index contributed by atoms with van der Waals surface area (Å²) in [7, 11) is 0. The van der Waals surface area contributed by atoms with E-state index in [-0.39, 0.29) is 11.9 Å². The highest BCUT2D eigenvalue weighted by atomic mass is 16.3. The van der Waals surface area contributed by atoms with E-state index in [4.69, 9.17) is 0 Å². The highest BCUT2D eigenvalue weighted by Crippen LogP contribution is 2.37. The molecular formula is C19H25N3O2. The summed E-state index contributed by atoms with van der Waals surface area (Å²) in [6, 6.07) is 8.60. The van der Waals surface area contributed by atoms with Gasteiger partial charge in [-0.15, -0.1) is 0 Å². The molecule has 1 aliphatic carbocycles. The lowest BCUT2D eigenvalue weighted by molar-refractivity contribution is -0.121. The number of likely N-dealkylation sites (tertiary alicyclic amines) is 1. The zero-order chi connectivity index (χ0) is 16.7. The van der Waals surface area contributed by atoms with Crippen LogP contribution < -0.4 is 5.32 Å². The maximum absolute atomic E-state index is 11.3. The van der Waals surface area contributed by atoms with Crippen molar-refractivity contribution in [1.29, 1.82) is 0 Å². The van der Waals surface area contributed by atoms with Gasteiger partial charge in [-0.3, -0.25) is 9.69 Å². The van der Waals surface area contributed by atoms with E-state index in [0.29, 0.717) is 11.8 Å². The maximum atomic E-state index is 11.3. The summed E-state index contributed by atoms with van der Waals surface area (Å²) >= 11 is 0. The topological polar surface area (TPSA) is 68.4 Å². The van der Waals surface area contributed by atoms with Crippen LogP contribution in [0.15, 0.2) is 30.5 Å². The highest BCUT2D eigenvalue weighted by Gasteiger charge is 2.41. The number of aliphatic hydroxyl groups excluding tert-OH is 1. The van der Waals surface area contributed by atoms with E-state index in [9.17, 15) is 9.90 Å². The SMILES string of the molecule is CC(=O)N[C@@H]1C[C@@H]2CN(Cc3ccc4cc[nH]c4c3)C[C@@H]2C[C@H]1O. The van der Waals surface area contributed by atoms with Gasteiger partial charge >= 0.3 is 0 Å². The molecule has 2 fully saturated rings. The fourth-order valence-electron chi connectivity index (χ4n) is 4.52. The first-order chi connectivity index (χ1) is 11.6. The second kappa shape index (κ2) is 6.22. The molecule has 0 unspecified atom stereocenters. The van der Waals surface area contributed by atoms with Gasteiger partial charge < -0.3 is 15.4 Å². The summed E-state index contributed by atoms with van der Waals surface area (Å²) < 4.78 is 0. The molecule has 1 amide bonds. The third kappa shape index (κ3) is 3.06. The molecule has 128 valence electrons. The Balaban J connectivity index is 1.41. The summed E-state index contributed by atoms with van der Waals surface area (Å²) in [6.45, 7) is 4.56. The smallest absolute Gasteiger partial charge is 0.217 e. The molecule has 2 aromatic rings. The van der Waals surface area contributed by atoms with Gasteiger partial charge in [-0.1, -0.05) is 12.1 Å². The van der Waals surface area contributed by atoms with Crippen LogP contribution >= 0.6 is 0 Å². The Kier molecular flexibility index (Phi) is 4.06. The molecule has 2 heterocycles. The first-order valence-electron chi connectivity index (χ1n) is 8.82. The molecule has 1 saturated carbocycles. The van der Waals surface area contributed by atoms with Crippen molar-refractivity contribution in [2.45, 2.75) is 38.5 Å². The number of carbonyl (C=O) groups excluding carboxylic acids is 1. The summed E-state index contributed by atoms with van der Waals surface area (Å²) in [5, 5.41) is 14.5. The van der Waals surface area contributed by atoms with Crippen LogP contribution in [0.4, 0.5) is 0 Å². The van der Waals surface area contributed by atoms with Crippen molar-refractivity contribution in [1.82, 2.24) is 15.2 Å². The van der Waals surface area contributed by atoms with Gasteiger partial charge in [0.15, 0.2) is 0 Å². The van der Waals surface area contributed by atoms with Crippen LogP contribution in [0.3, 0.4) is 0 Å². The Hall–Kier alpha value is -1.85. The minimum absolute atomic E-state index is 0.0494. The normalized spacial score (nSPS) is 30.4. The van der Waals surface area contributed by atoms with Gasteiger partial charge in [0.2, 0.25) is 5.91 Å². The zero-order valence-electron chi connectivity index (χ0n) is 14.0. The largest absolute Gasteiger partial charge is 0.391 e. The average molecular weight is 327 g/mol. The van der Waals surface area contributed by atoms with Crippen LogP contribution in [0.25, 0.3) is 10.9 Å². The molecule has 24 heavy (non-hydrogen) atoms. The average Bonchev–Trinajstić information content (AvgIpc) is 3.12. The van der Waals surface area contributed by atoms with Gasteiger partial charge in [-0.05, 0) is 47.8 Å². The second-order valence-corrected chi connectivity index (χ2v) is 7.46. The standard InChI is InChI=1S/C19H25N3O2/c1-12(23)21-18-7-15-10-22(11-16(15)8-19(18)24)9-13-2-3-14-4-5-20-17(14)6-13/h2-6,15-16,18-20,24H,7-11H2,1H3,(H,21,23)/t15-,16+,18-,19-/m1/s1. The molecule has 4 rings (SSSR count). The van der Waals surface area contributed by atoms with Crippen molar-refractivity contribution in [3.63, 3.8) is 0 Å². The van der Waals surface area contributed by atoms with E-state index in [1.54, 1.807) is 0 Å². The minimum Gasteiger partial charge on any atom is -0.391 e. The lowest BCUT2D eigenvalue weighted by Gasteiger charge is -2.35. The highest BCUT2D eigenvalue weighted by molar-refractivity contribution is 5.79. The molecule has 1 saturated heterocycles. The predicted molar refractivity (Wildman–Crippen MR) is 93.4 cm³/mol. The van der Waals surface area contributed by atoms with Crippen molar-refractivity contribution in [2.24, 2.45) is 11.8 Å². The number of carbonyl (C=O) groups is 1. The van der Waals surface area contributed by atoms with Gasteiger partial charge in [0.25, 0.3) is 0 Å². The number of aliphatic hydroxyl groups is 1. The molecule has 2 aliphatic rings. The Morgan fingerprint density at radius 2 is 2.08 bits per heavy atom. The van der Waals surface area contributed by atoms with E-state index in [0.717, 1.165) is 32.5 Å². The van der Waals surface area contributed by atoms with Gasteiger partial charge in [0, 0.05) is 38.3 Å². The summed E-state index contributed by atoms with van der Waals surface area (Å²) in [5.74, 6) is 1.06. The third-order valence-corrected chi connectivity index (χ3v) is 5.63. The molecule has 0 radical (unpaired) electrons. The van der Waals surface area contributed by atoms with Crippen molar-refractivity contribution in [3.05, 3.63) is 36.0 Å². The Bertz CT molecular complexity index is 741. The van der Waals surface area contributed by atoms with E-state index in [1.165, 1.54) is 23.4 Å². The monoisotopic (exact) mass is 327 g/mol. The second-order valence-electron chi connectivity index (χ2n) is 7.46. The summed E-state index contributed by atoms with van der Waals surface area (Å²) in [5.41, 5.74) is 2.51. The molecule has 1 aromatic carbocycles. The number of aromatic nitrogens is 1. The minimum atomic E-state index is -0.412. The van der Waals surface area contributed by atoms with Gasteiger partial charge in [-0.2, -0.15) is 0 Å². The number of nitrogens with one attached hydrogen (secondary N) is 2. The molecule has 1 aromatic heterocycles. The van der Waals surface area contributed by atoms with Crippen LogP contribution in [-0.4, -0.2) is 46.1 Å². The molecule has 3 N–H and O–H groups in total. The number of hydrogen-bond acceptors (Lipinski definition) is 3. The number of rotatable bonds is 3. The summed E-state index contributed by atoms with van der Waals surface area (Å²) in [4.78, 5) is 17.1. The Morgan fingerprint density at radius 3 is 2.88 bits per heavy atom. The van der Waals surface area contributed by atoms with Gasteiger partial charge in [-0.25, -0.2) is 0 Å². The van der Waals surface area contributed by atoms with Crippen molar-refractivity contribution < 1.29 is 9.90 Å². The molecule has 5 heteroatoms. The number of benzene rings is 1. The van der Waals surface area contributed by atoms with Crippen LogP contribution in [0.2, 0.25) is 0 Å². The molecule has 4 atom stereocenters.